The average molecular weight is 267 g/mol. The van der Waals surface area contributed by atoms with Crippen LogP contribution in [0, 0.1) is 5.92 Å². The van der Waals surface area contributed by atoms with Crippen molar-refractivity contribution in [2.75, 3.05) is 0 Å². The van der Waals surface area contributed by atoms with Gasteiger partial charge >= 0.3 is 0 Å². The molecule has 0 aromatic heterocycles. The third kappa shape index (κ3) is 2.88. The first-order chi connectivity index (χ1) is 9.74. The second kappa shape index (κ2) is 5.97. The normalized spacial score (nSPS) is 24.7. The van der Waals surface area contributed by atoms with Gasteiger partial charge in [-0.25, -0.2) is 0 Å². The molecule has 1 fully saturated rings. The van der Waals surface area contributed by atoms with Crippen LogP contribution in [-0.4, -0.2) is 6.04 Å². The van der Waals surface area contributed by atoms with Gasteiger partial charge in [0.05, 0.1) is 0 Å². The molecular formula is C19H25N. The Labute approximate surface area is 122 Å². The highest BCUT2D eigenvalue weighted by atomic mass is 14.9. The first kappa shape index (κ1) is 13.6. The smallest absolute Gasteiger partial charge is 0.0300 e. The molecular weight excluding hydrogens is 242 g/mol. The summed E-state index contributed by atoms with van der Waals surface area (Å²) in [6.07, 6.45) is 5.41. The number of benzene rings is 2. The van der Waals surface area contributed by atoms with Crippen molar-refractivity contribution in [2.24, 2.45) is 5.92 Å². The molecule has 1 atom stereocenters. The Morgan fingerprint density at radius 3 is 2.45 bits per heavy atom. The van der Waals surface area contributed by atoms with Crippen LogP contribution in [0.1, 0.15) is 51.1 Å². The van der Waals surface area contributed by atoms with Crippen LogP contribution < -0.4 is 5.32 Å². The molecule has 2 aromatic rings. The Morgan fingerprint density at radius 2 is 1.65 bits per heavy atom. The third-order valence-electron chi connectivity index (χ3n) is 4.79. The van der Waals surface area contributed by atoms with E-state index in [1.165, 1.54) is 42.0 Å². The molecule has 3 rings (SSSR count). The molecule has 0 heterocycles. The molecule has 106 valence electrons. The summed E-state index contributed by atoms with van der Waals surface area (Å²) in [5.41, 5.74) is 1.43. The van der Waals surface area contributed by atoms with Crippen LogP contribution in [0.25, 0.3) is 10.8 Å². The Hall–Kier alpha value is -1.34. The topological polar surface area (TPSA) is 12.0 Å². The molecule has 0 saturated heterocycles. The summed E-state index contributed by atoms with van der Waals surface area (Å²) in [5.74, 6) is 0.918. The molecule has 1 aliphatic rings. The van der Waals surface area contributed by atoms with Crippen LogP contribution >= 0.6 is 0 Å². The maximum atomic E-state index is 3.85. The number of fused-ring (bicyclic) bond motifs is 1. The fraction of sp³-hybridized carbons (Fsp3) is 0.474. The van der Waals surface area contributed by atoms with Crippen LogP contribution in [0.4, 0.5) is 0 Å². The van der Waals surface area contributed by atoms with Gasteiger partial charge in [-0.1, -0.05) is 49.4 Å². The second-order valence-corrected chi connectivity index (χ2v) is 6.41. The SMILES string of the molecule is CC1CCC(NC(C)c2cccc3ccccc23)CC1. The molecule has 2 aromatic carbocycles. The fourth-order valence-electron chi connectivity index (χ4n) is 3.50. The lowest BCUT2D eigenvalue weighted by Crippen LogP contribution is -2.34. The zero-order valence-corrected chi connectivity index (χ0v) is 12.6. The van der Waals surface area contributed by atoms with Gasteiger partial charge in [0.1, 0.15) is 0 Å². The Bertz CT molecular complexity index is 561. The lowest BCUT2D eigenvalue weighted by atomic mass is 9.86. The third-order valence-corrected chi connectivity index (χ3v) is 4.79. The molecule has 0 bridgehead atoms. The highest BCUT2D eigenvalue weighted by Gasteiger charge is 2.20. The minimum Gasteiger partial charge on any atom is -0.307 e. The van der Waals surface area contributed by atoms with E-state index in [2.05, 4.69) is 61.6 Å². The summed E-state index contributed by atoms with van der Waals surface area (Å²) >= 11 is 0. The van der Waals surface area contributed by atoms with E-state index in [4.69, 9.17) is 0 Å². The highest BCUT2D eigenvalue weighted by Crippen LogP contribution is 2.28. The van der Waals surface area contributed by atoms with Gasteiger partial charge in [-0.3, -0.25) is 0 Å². The van der Waals surface area contributed by atoms with E-state index in [9.17, 15) is 0 Å². The molecule has 1 heteroatoms. The van der Waals surface area contributed by atoms with E-state index in [0.29, 0.717) is 12.1 Å². The summed E-state index contributed by atoms with van der Waals surface area (Å²) in [5, 5.41) is 6.58. The van der Waals surface area contributed by atoms with Gasteiger partial charge in [0.25, 0.3) is 0 Å². The van der Waals surface area contributed by atoms with E-state index >= 15 is 0 Å². The average Bonchev–Trinajstić information content (AvgIpc) is 2.49. The molecule has 20 heavy (non-hydrogen) atoms. The van der Waals surface area contributed by atoms with Gasteiger partial charge in [-0.05, 0) is 54.9 Å². The van der Waals surface area contributed by atoms with Crippen LogP contribution in [0.3, 0.4) is 0 Å². The number of hydrogen-bond acceptors (Lipinski definition) is 1. The van der Waals surface area contributed by atoms with Gasteiger partial charge < -0.3 is 5.32 Å². The van der Waals surface area contributed by atoms with E-state index < -0.39 is 0 Å². The molecule has 1 saturated carbocycles. The zero-order chi connectivity index (χ0) is 13.9. The summed E-state index contributed by atoms with van der Waals surface area (Å²) in [6.45, 7) is 4.68. The molecule has 1 aliphatic carbocycles. The van der Waals surface area contributed by atoms with Gasteiger partial charge in [0, 0.05) is 12.1 Å². The highest BCUT2D eigenvalue weighted by molar-refractivity contribution is 5.86. The van der Waals surface area contributed by atoms with Crippen molar-refractivity contribution < 1.29 is 0 Å². The number of nitrogens with one attached hydrogen (secondary N) is 1. The monoisotopic (exact) mass is 267 g/mol. The van der Waals surface area contributed by atoms with E-state index in [-0.39, 0.29) is 0 Å². The molecule has 1 unspecified atom stereocenters. The van der Waals surface area contributed by atoms with Crippen molar-refractivity contribution >= 4 is 10.8 Å². The van der Waals surface area contributed by atoms with E-state index in [0.717, 1.165) is 5.92 Å². The van der Waals surface area contributed by atoms with Crippen LogP contribution in [-0.2, 0) is 0 Å². The molecule has 1 nitrogen and oxygen atoms in total. The predicted molar refractivity (Wildman–Crippen MR) is 86.9 cm³/mol. The molecule has 0 spiro atoms. The Morgan fingerprint density at radius 1 is 0.950 bits per heavy atom. The summed E-state index contributed by atoms with van der Waals surface area (Å²) in [6, 6.07) is 16.5. The van der Waals surface area contributed by atoms with Crippen molar-refractivity contribution in [3.8, 4) is 0 Å². The maximum absolute atomic E-state index is 3.85. The molecule has 0 radical (unpaired) electrons. The lowest BCUT2D eigenvalue weighted by Gasteiger charge is -2.30. The quantitative estimate of drug-likeness (QED) is 0.818. The Kier molecular flexibility index (Phi) is 4.07. The first-order valence-corrected chi connectivity index (χ1v) is 7.98. The van der Waals surface area contributed by atoms with Gasteiger partial charge in [-0.2, -0.15) is 0 Å². The van der Waals surface area contributed by atoms with Gasteiger partial charge in [0.2, 0.25) is 0 Å². The molecule has 1 N–H and O–H groups in total. The largest absolute Gasteiger partial charge is 0.307 e. The van der Waals surface area contributed by atoms with Crippen LogP contribution in [0.2, 0.25) is 0 Å². The maximum Gasteiger partial charge on any atom is 0.0300 e. The van der Waals surface area contributed by atoms with Gasteiger partial charge in [0.15, 0.2) is 0 Å². The standard InChI is InChI=1S/C19H25N/c1-14-10-12-17(13-11-14)20-15(2)18-9-5-7-16-6-3-4-8-19(16)18/h3-9,14-15,17,20H,10-13H2,1-2H3. The zero-order valence-electron chi connectivity index (χ0n) is 12.6. The summed E-state index contributed by atoms with van der Waals surface area (Å²) in [4.78, 5) is 0. The summed E-state index contributed by atoms with van der Waals surface area (Å²) in [7, 11) is 0. The second-order valence-electron chi connectivity index (χ2n) is 6.41. The van der Waals surface area contributed by atoms with E-state index in [1.807, 2.05) is 0 Å². The van der Waals surface area contributed by atoms with Crippen molar-refractivity contribution in [2.45, 2.75) is 51.6 Å². The molecule has 0 amide bonds. The minimum absolute atomic E-state index is 0.430. The van der Waals surface area contributed by atoms with Crippen molar-refractivity contribution in [1.29, 1.82) is 0 Å². The lowest BCUT2D eigenvalue weighted by molar-refractivity contribution is 0.292. The fourth-order valence-corrected chi connectivity index (χ4v) is 3.50. The molecule has 0 aliphatic heterocycles. The first-order valence-electron chi connectivity index (χ1n) is 7.98. The van der Waals surface area contributed by atoms with Crippen LogP contribution in [0.5, 0.6) is 0 Å². The van der Waals surface area contributed by atoms with Gasteiger partial charge in [-0.15, -0.1) is 0 Å². The van der Waals surface area contributed by atoms with Crippen molar-refractivity contribution in [3.05, 3.63) is 48.0 Å². The number of rotatable bonds is 3. The van der Waals surface area contributed by atoms with Crippen molar-refractivity contribution in [3.63, 3.8) is 0 Å². The summed E-state index contributed by atoms with van der Waals surface area (Å²) < 4.78 is 0. The van der Waals surface area contributed by atoms with E-state index in [1.54, 1.807) is 0 Å². The minimum atomic E-state index is 0.430. The predicted octanol–water partition coefficient (Wildman–Crippen LogP) is 5.07. The van der Waals surface area contributed by atoms with Crippen LogP contribution in [0.15, 0.2) is 42.5 Å². The Balaban J connectivity index is 1.77. The van der Waals surface area contributed by atoms with Crippen molar-refractivity contribution in [1.82, 2.24) is 5.32 Å². The number of hydrogen-bond donors (Lipinski definition) is 1.